The predicted molar refractivity (Wildman–Crippen MR) is 114 cm³/mol. The summed E-state index contributed by atoms with van der Waals surface area (Å²) in [5.41, 5.74) is 11.4. The van der Waals surface area contributed by atoms with Crippen LogP contribution in [0.2, 0.25) is 0 Å². The topological polar surface area (TPSA) is 70.6 Å². The second-order valence-electron chi connectivity index (χ2n) is 6.64. The molecule has 0 spiro atoms. The molecule has 142 valence electrons. The van der Waals surface area contributed by atoms with E-state index < -0.39 is 0 Å². The molecule has 4 aromatic rings. The van der Waals surface area contributed by atoms with Gasteiger partial charge in [0, 0.05) is 24.4 Å². The van der Waals surface area contributed by atoms with Gasteiger partial charge in [0.05, 0.1) is 30.2 Å². The molecule has 3 aromatic carbocycles. The van der Waals surface area contributed by atoms with Gasteiger partial charge in [0.15, 0.2) is 0 Å². The van der Waals surface area contributed by atoms with Gasteiger partial charge < -0.3 is 20.5 Å². The van der Waals surface area contributed by atoms with Gasteiger partial charge in [-0.3, -0.25) is 0 Å². The smallest absolute Gasteiger partial charge is 0.215 e. The van der Waals surface area contributed by atoms with E-state index in [1.165, 1.54) is 5.56 Å². The first-order valence-electron chi connectivity index (χ1n) is 9.36. The van der Waals surface area contributed by atoms with Crippen molar-refractivity contribution >= 4 is 33.2 Å². The van der Waals surface area contributed by atoms with E-state index in [0.29, 0.717) is 6.61 Å². The molecule has 0 aliphatic carbocycles. The largest absolute Gasteiger partial charge is 0.497 e. The number of nitrogens with one attached hydrogen (secondary N) is 2. The van der Waals surface area contributed by atoms with E-state index >= 15 is 0 Å². The van der Waals surface area contributed by atoms with Crippen LogP contribution in [-0.2, 0) is 6.54 Å². The average Bonchev–Trinajstić information content (AvgIpc) is 2.73. The summed E-state index contributed by atoms with van der Waals surface area (Å²) in [7, 11) is 1.67. The molecule has 1 heterocycles. The lowest BCUT2D eigenvalue weighted by Gasteiger charge is -2.09. The van der Waals surface area contributed by atoms with Gasteiger partial charge in [-0.05, 0) is 48.9 Å². The van der Waals surface area contributed by atoms with Crippen LogP contribution in [0.5, 0.6) is 11.5 Å². The lowest BCUT2D eigenvalue weighted by atomic mass is 10.1. The Morgan fingerprint density at radius 3 is 2.43 bits per heavy atom. The number of hydrogen-bond donors (Lipinski definition) is 2. The lowest BCUT2D eigenvalue weighted by Crippen LogP contribution is -2.09. The van der Waals surface area contributed by atoms with Gasteiger partial charge >= 0.3 is 0 Å². The molecule has 0 atom stereocenters. The van der Waals surface area contributed by atoms with Crippen LogP contribution in [0.15, 0.2) is 60.7 Å². The number of rotatable bonds is 6. The van der Waals surface area contributed by atoms with Crippen molar-refractivity contribution in [1.82, 2.24) is 0 Å². The molecule has 0 radical (unpaired) electrons. The summed E-state index contributed by atoms with van der Waals surface area (Å²) >= 11 is 0. The number of nitrogen functional groups attached to an aromatic ring is 1. The predicted octanol–water partition coefficient (Wildman–Crippen LogP) is 4.41. The fraction of sp³-hybridized carbons (Fsp3) is 0.174. The van der Waals surface area contributed by atoms with Crippen LogP contribution in [0, 0.1) is 0 Å². The minimum Gasteiger partial charge on any atom is -0.497 e. The summed E-state index contributed by atoms with van der Waals surface area (Å²) in [5.74, 6) is 1.69. The standard InChI is InChI=1S/C23H23N3O2/c1-3-28-18-9-11-21-20(13-18)23(24)19-10-6-16(12-22(19)26-21)25-14-15-4-7-17(27-2)8-5-15/h4-13,25H,3,14H2,1-2H3,(H2,24,26)/p+1. The Morgan fingerprint density at radius 2 is 1.68 bits per heavy atom. The lowest BCUT2D eigenvalue weighted by molar-refractivity contribution is -0.310. The first-order valence-corrected chi connectivity index (χ1v) is 9.36. The molecule has 0 saturated heterocycles. The van der Waals surface area contributed by atoms with Crippen LogP contribution >= 0.6 is 0 Å². The van der Waals surface area contributed by atoms with Gasteiger partial charge in [0.1, 0.15) is 11.5 Å². The van der Waals surface area contributed by atoms with Gasteiger partial charge in [-0.15, -0.1) is 0 Å². The van der Waals surface area contributed by atoms with Crippen molar-refractivity contribution in [3.05, 3.63) is 66.2 Å². The summed E-state index contributed by atoms with van der Waals surface area (Å²) in [5, 5.41) is 5.43. The van der Waals surface area contributed by atoms with Crippen molar-refractivity contribution in [3.63, 3.8) is 0 Å². The van der Waals surface area contributed by atoms with E-state index in [1.54, 1.807) is 7.11 Å². The van der Waals surface area contributed by atoms with Crippen molar-refractivity contribution in [2.45, 2.75) is 13.5 Å². The third kappa shape index (κ3) is 3.51. The average molecular weight is 374 g/mol. The number of ether oxygens (including phenoxy) is 2. The number of aromatic nitrogens is 1. The maximum Gasteiger partial charge on any atom is 0.215 e. The van der Waals surface area contributed by atoms with Crippen LogP contribution in [0.25, 0.3) is 21.8 Å². The van der Waals surface area contributed by atoms with Crippen LogP contribution in [0.4, 0.5) is 11.4 Å². The third-order valence-corrected chi connectivity index (χ3v) is 4.83. The number of nitrogens with two attached hydrogens (primary N) is 1. The Morgan fingerprint density at radius 1 is 0.893 bits per heavy atom. The van der Waals surface area contributed by atoms with Crippen LogP contribution < -0.4 is 25.5 Å². The summed E-state index contributed by atoms with van der Waals surface area (Å²) < 4.78 is 10.8. The van der Waals surface area contributed by atoms with E-state index in [9.17, 15) is 0 Å². The van der Waals surface area contributed by atoms with Crippen LogP contribution in [-0.4, -0.2) is 13.7 Å². The Bertz CT molecular complexity index is 1120. The Labute approximate surface area is 164 Å². The quantitative estimate of drug-likeness (QED) is 0.491. The highest BCUT2D eigenvalue weighted by atomic mass is 16.5. The molecule has 4 rings (SSSR count). The molecule has 0 amide bonds. The van der Waals surface area contributed by atoms with Gasteiger partial charge in [0.25, 0.3) is 0 Å². The van der Waals surface area contributed by atoms with Crippen molar-refractivity contribution in [1.29, 1.82) is 0 Å². The summed E-state index contributed by atoms with van der Waals surface area (Å²) in [4.78, 5) is 3.48. The number of aromatic amines is 1. The zero-order valence-electron chi connectivity index (χ0n) is 16.1. The number of H-pyrrole nitrogens is 1. The molecule has 0 unspecified atom stereocenters. The number of anilines is 2. The Kier molecular flexibility index (Phi) is 4.89. The van der Waals surface area contributed by atoms with Gasteiger partial charge in [-0.2, -0.15) is 0 Å². The molecule has 4 N–H and O–H groups in total. The number of fused-ring (bicyclic) bond motifs is 2. The fourth-order valence-corrected chi connectivity index (χ4v) is 3.34. The number of methoxy groups -OCH3 is 1. The van der Waals surface area contributed by atoms with E-state index in [2.05, 4.69) is 28.5 Å². The van der Waals surface area contributed by atoms with Crippen molar-refractivity contribution in [2.24, 2.45) is 0 Å². The normalized spacial score (nSPS) is 10.9. The highest BCUT2D eigenvalue weighted by Crippen LogP contribution is 2.30. The molecule has 0 fully saturated rings. The fourth-order valence-electron chi connectivity index (χ4n) is 3.34. The first-order chi connectivity index (χ1) is 13.7. The maximum absolute atomic E-state index is 6.45. The zero-order valence-corrected chi connectivity index (χ0v) is 16.1. The zero-order chi connectivity index (χ0) is 19.5. The molecule has 28 heavy (non-hydrogen) atoms. The number of benzene rings is 3. The second kappa shape index (κ2) is 7.64. The Balaban J connectivity index is 1.62. The number of hydrogen-bond acceptors (Lipinski definition) is 4. The van der Waals surface area contributed by atoms with Crippen LogP contribution in [0.1, 0.15) is 12.5 Å². The third-order valence-electron chi connectivity index (χ3n) is 4.83. The highest BCUT2D eigenvalue weighted by Gasteiger charge is 2.13. The van der Waals surface area contributed by atoms with Crippen molar-refractivity contribution in [2.75, 3.05) is 24.8 Å². The van der Waals surface area contributed by atoms with E-state index in [1.807, 2.05) is 49.4 Å². The van der Waals surface area contributed by atoms with E-state index in [4.69, 9.17) is 15.2 Å². The first kappa shape index (κ1) is 17.9. The van der Waals surface area contributed by atoms with E-state index in [-0.39, 0.29) is 0 Å². The molecule has 0 bridgehead atoms. The second-order valence-corrected chi connectivity index (χ2v) is 6.64. The van der Waals surface area contributed by atoms with Crippen molar-refractivity contribution < 1.29 is 14.5 Å². The van der Waals surface area contributed by atoms with Gasteiger partial charge in [0.2, 0.25) is 11.0 Å². The molecular weight excluding hydrogens is 350 g/mol. The molecule has 5 heteroatoms. The molecule has 0 saturated carbocycles. The summed E-state index contributed by atoms with van der Waals surface area (Å²) in [6, 6.07) is 20.2. The van der Waals surface area contributed by atoms with Gasteiger partial charge in [-0.1, -0.05) is 12.1 Å². The highest BCUT2D eigenvalue weighted by molar-refractivity contribution is 6.04. The minimum absolute atomic E-state index is 0.631. The molecule has 0 aliphatic heterocycles. The monoisotopic (exact) mass is 374 g/mol. The van der Waals surface area contributed by atoms with Gasteiger partial charge in [-0.25, -0.2) is 4.98 Å². The molecule has 0 aliphatic rings. The number of pyridine rings is 1. The SMILES string of the molecule is CCOc1ccc2[nH+]c3cc(NCc4ccc(OC)cc4)ccc3c(N)c2c1. The van der Waals surface area contributed by atoms with Crippen molar-refractivity contribution in [3.8, 4) is 11.5 Å². The molecular formula is C23H24N3O2+. The maximum atomic E-state index is 6.45. The van der Waals surface area contributed by atoms with Crippen LogP contribution in [0.3, 0.4) is 0 Å². The summed E-state index contributed by atoms with van der Waals surface area (Å²) in [6.45, 7) is 3.34. The van der Waals surface area contributed by atoms with E-state index in [0.717, 1.165) is 51.2 Å². The Hall–Kier alpha value is -3.47. The molecule has 1 aromatic heterocycles. The minimum atomic E-state index is 0.631. The molecule has 5 nitrogen and oxygen atoms in total. The summed E-state index contributed by atoms with van der Waals surface area (Å²) in [6.07, 6.45) is 0.